The fourth-order valence-corrected chi connectivity index (χ4v) is 1.71. The van der Waals surface area contributed by atoms with Crippen LogP contribution in [0.4, 0.5) is 19.6 Å². The highest BCUT2D eigenvalue weighted by Gasteiger charge is 2.12. The number of nitrogen functional groups attached to an aromatic ring is 1. The van der Waals surface area contributed by atoms with E-state index in [0.717, 1.165) is 23.5 Å². The number of nitrogens with zero attached hydrogens (tertiary/aromatic N) is 1. The number of halogens is 2. The molecule has 7 heteroatoms. The molecule has 1 amide bonds. The van der Waals surface area contributed by atoms with Crippen LogP contribution in [0.25, 0.3) is 0 Å². The maximum Gasteiger partial charge on any atom is 0.275 e. The van der Waals surface area contributed by atoms with E-state index in [1.54, 1.807) is 0 Å². The molecule has 0 radical (unpaired) electrons. The zero-order valence-corrected chi connectivity index (χ0v) is 9.22. The number of carbonyl (C=O) groups excluding carboxylic acids is 1. The maximum absolute atomic E-state index is 13.2. The predicted molar refractivity (Wildman–Crippen MR) is 60.8 cm³/mol. The van der Waals surface area contributed by atoms with Crippen molar-refractivity contribution >= 4 is 28.1 Å². The standard InChI is InChI=1S/C10H7F2N3OS/c11-5-1-2-7(6(12)3-5)14-9(16)8-4-17-10(13)15-8/h1-4H,(H2,13,15)(H,14,16). The zero-order valence-electron chi connectivity index (χ0n) is 8.41. The van der Waals surface area contributed by atoms with Crippen LogP contribution >= 0.6 is 11.3 Å². The lowest BCUT2D eigenvalue weighted by Gasteiger charge is -2.04. The summed E-state index contributed by atoms with van der Waals surface area (Å²) in [4.78, 5) is 15.3. The van der Waals surface area contributed by atoms with Crippen LogP contribution < -0.4 is 11.1 Å². The number of rotatable bonds is 2. The van der Waals surface area contributed by atoms with Gasteiger partial charge in [-0.25, -0.2) is 13.8 Å². The fraction of sp³-hybridized carbons (Fsp3) is 0. The largest absolute Gasteiger partial charge is 0.375 e. The first kappa shape index (κ1) is 11.5. The number of hydrogen-bond donors (Lipinski definition) is 2. The summed E-state index contributed by atoms with van der Waals surface area (Å²) in [5.74, 6) is -2.15. The van der Waals surface area contributed by atoms with Crippen molar-refractivity contribution in [1.82, 2.24) is 4.98 Å². The van der Waals surface area contributed by atoms with E-state index in [2.05, 4.69) is 10.3 Å². The molecule has 17 heavy (non-hydrogen) atoms. The third-order valence-corrected chi connectivity index (χ3v) is 2.61. The number of hydrogen-bond acceptors (Lipinski definition) is 4. The van der Waals surface area contributed by atoms with E-state index in [1.165, 1.54) is 5.38 Å². The minimum Gasteiger partial charge on any atom is -0.375 e. The summed E-state index contributed by atoms with van der Waals surface area (Å²) in [5, 5.41) is 3.97. The molecule has 0 aliphatic rings. The number of nitrogens with two attached hydrogens (primary N) is 1. The van der Waals surface area contributed by atoms with Crippen molar-refractivity contribution in [3.63, 3.8) is 0 Å². The van der Waals surface area contributed by atoms with E-state index < -0.39 is 17.5 Å². The number of amides is 1. The van der Waals surface area contributed by atoms with Gasteiger partial charge in [-0.05, 0) is 12.1 Å². The summed E-state index contributed by atoms with van der Waals surface area (Å²) in [6.07, 6.45) is 0. The van der Waals surface area contributed by atoms with E-state index in [0.29, 0.717) is 6.07 Å². The van der Waals surface area contributed by atoms with Gasteiger partial charge >= 0.3 is 0 Å². The van der Waals surface area contributed by atoms with Crippen molar-refractivity contribution in [1.29, 1.82) is 0 Å². The molecule has 0 fully saturated rings. The van der Waals surface area contributed by atoms with E-state index >= 15 is 0 Å². The van der Waals surface area contributed by atoms with Gasteiger partial charge in [0.25, 0.3) is 5.91 Å². The van der Waals surface area contributed by atoms with Crippen molar-refractivity contribution in [2.75, 3.05) is 11.1 Å². The molecular weight excluding hydrogens is 248 g/mol. The Bertz CT molecular complexity index is 570. The van der Waals surface area contributed by atoms with Gasteiger partial charge in [0.2, 0.25) is 0 Å². The number of aromatic nitrogens is 1. The number of nitrogens with one attached hydrogen (secondary N) is 1. The van der Waals surface area contributed by atoms with Crippen LogP contribution in [0.3, 0.4) is 0 Å². The van der Waals surface area contributed by atoms with Crippen LogP contribution in [-0.4, -0.2) is 10.9 Å². The molecule has 0 aliphatic heterocycles. The van der Waals surface area contributed by atoms with Gasteiger partial charge in [0.05, 0.1) is 5.69 Å². The minimum absolute atomic E-state index is 0.0937. The quantitative estimate of drug-likeness (QED) is 0.864. The molecule has 0 atom stereocenters. The SMILES string of the molecule is Nc1nc(C(=O)Nc2ccc(F)cc2F)cs1. The van der Waals surface area contributed by atoms with E-state index in [4.69, 9.17) is 5.73 Å². The highest BCUT2D eigenvalue weighted by molar-refractivity contribution is 7.13. The first-order valence-corrected chi connectivity index (χ1v) is 5.41. The maximum atomic E-state index is 13.2. The molecule has 2 rings (SSSR count). The van der Waals surface area contributed by atoms with Gasteiger partial charge in [-0.15, -0.1) is 11.3 Å². The molecule has 0 aliphatic carbocycles. The second kappa shape index (κ2) is 4.46. The van der Waals surface area contributed by atoms with E-state index in [1.807, 2.05) is 0 Å². The number of anilines is 2. The Balaban J connectivity index is 2.18. The normalized spacial score (nSPS) is 10.2. The van der Waals surface area contributed by atoms with Crippen molar-refractivity contribution in [2.24, 2.45) is 0 Å². The summed E-state index contributed by atoms with van der Waals surface area (Å²) in [7, 11) is 0. The van der Waals surface area contributed by atoms with Gasteiger partial charge in [0.15, 0.2) is 5.13 Å². The molecule has 0 bridgehead atoms. The Morgan fingerprint density at radius 3 is 2.76 bits per heavy atom. The van der Waals surface area contributed by atoms with Crippen LogP contribution in [0.1, 0.15) is 10.5 Å². The molecule has 2 aromatic rings. The number of carbonyl (C=O) groups is 1. The molecule has 0 unspecified atom stereocenters. The molecule has 0 spiro atoms. The summed E-state index contributed by atoms with van der Waals surface area (Å²) in [6, 6.07) is 2.87. The van der Waals surface area contributed by atoms with Crippen LogP contribution in [0.2, 0.25) is 0 Å². The monoisotopic (exact) mass is 255 g/mol. The van der Waals surface area contributed by atoms with Crippen molar-refractivity contribution in [3.05, 3.63) is 40.9 Å². The van der Waals surface area contributed by atoms with Gasteiger partial charge in [0.1, 0.15) is 17.3 Å². The Morgan fingerprint density at radius 2 is 2.18 bits per heavy atom. The highest BCUT2D eigenvalue weighted by atomic mass is 32.1. The second-order valence-corrected chi connectivity index (χ2v) is 4.04. The molecule has 1 aromatic heterocycles. The lowest BCUT2D eigenvalue weighted by atomic mass is 10.3. The Labute approximate surface area is 99.1 Å². The fourth-order valence-electron chi connectivity index (χ4n) is 1.17. The molecule has 4 nitrogen and oxygen atoms in total. The first-order valence-electron chi connectivity index (χ1n) is 4.53. The molecule has 1 heterocycles. The molecule has 0 saturated heterocycles. The van der Waals surface area contributed by atoms with E-state index in [-0.39, 0.29) is 16.5 Å². The van der Waals surface area contributed by atoms with Gasteiger partial charge in [-0.1, -0.05) is 0 Å². The van der Waals surface area contributed by atoms with Crippen LogP contribution in [-0.2, 0) is 0 Å². The summed E-state index contributed by atoms with van der Waals surface area (Å²) < 4.78 is 25.9. The summed E-state index contributed by atoms with van der Waals surface area (Å²) >= 11 is 1.10. The smallest absolute Gasteiger partial charge is 0.275 e. The lowest BCUT2D eigenvalue weighted by molar-refractivity contribution is 0.102. The average molecular weight is 255 g/mol. The van der Waals surface area contributed by atoms with Crippen LogP contribution in [0, 0.1) is 11.6 Å². The second-order valence-electron chi connectivity index (χ2n) is 3.15. The zero-order chi connectivity index (χ0) is 12.4. The van der Waals surface area contributed by atoms with Gasteiger partial charge in [-0.3, -0.25) is 4.79 Å². The average Bonchev–Trinajstić information content (AvgIpc) is 2.69. The van der Waals surface area contributed by atoms with Crippen LogP contribution in [0.5, 0.6) is 0 Å². The van der Waals surface area contributed by atoms with Crippen molar-refractivity contribution in [3.8, 4) is 0 Å². The minimum atomic E-state index is -0.846. The molecule has 3 N–H and O–H groups in total. The van der Waals surface area contributed by atoms with E-state index in [9.17, 15) is 13.6 Å². The van der Waals surface area contributed by atoms with Gasteiger partial charge in [-0.2, -0.15) is 0 Å². The number of benzene rings is 1. The van der Waals surface area contributed by atoms with Gasteiger partial charge in [0, 0.05) is 11.4 Å². The topological polar surface area (TPSA) is 68.0 Å². The molecule has 1 aromatic carbocycles. The van der Waals surface area contributed by atoms with Crippen LogP contribution in [0.15, 0.2) is 23.6 Å². The first-order chi connectivity index (χ1) is 8.06. The Hall–Kier alpha value is -2.02. The molecular formula is C10H7F2N3OS. The highest BCUT2D eigenvalue weighted by Crippen LogP contribution is 2.17. The summed E-state index contributed by atoms with van der Waals surface area (Å²) in [5.41, 5.74) is 5.35. The molecule has 88 valence electrons. The van der Waals surface area contributed by atoms with Crippen molar-refractivity contribution < 1.29 is 13.6 Å². The Kier molecular flexibility index (Phi) is 3.01. The van der Waals surface area contributed by atoms with Crippen molar-refractivity contribution in [2.45, 2.75) is 0 Å². The predicted octanol–water partition coefficient (Wildman–Crippen LogP) is 2.26. The lowest BCUT2D eigenvalue weighted by Crippen LogP contribution is -2.13. The molecule has 0 saturated carbocycles. The summed E-state index contributed by atoms with van der Waals surface area (Å²) in [6.45, 7) is 0. The Morgan fingerprint density at radius 1 is 1.41 bits per heavy atom. The number of thiazole rings is 1. The third-order valence-electron chi connectivity index (χ3n) is 1.93. The third kappa shape index (κ3) is 2.56. The van der Waals surface area contributed by atoms with Gasteiger partial charge < -0.3 is 11.1 Å².